The van der Waals surface area contributed by atoms with Gasteiger partial charge in [0.15, 0.2) is 0 Å². The molecule has 0 aromatic heterocycles. The molecular weight excluding hydrogens is 178 g/mol. The first kappa shape index (κ1) is 10.6. The minimum atomic E-state index is 0.706. The predicted octanol–water partition coefficient (Wildman–Crippen LogP) is 3.25. The highest BCUT2D eigenvalue weighted by Gasteiger charge is 1.95. The van der Waals surface area contributed by atoms with Gasteiger partial charge >= 0.3 is 0 Å². The maximum absolute atomic E-state index is 3.34. The Hall–Kier alpha value is -0.470. The normalized spacial score (nSPS) is 10.8. The maximum atomic E-state index is 3.34. The molecule has 1 aromatic carbocycles. The van der Waals surface area contributed by atoms with Crippen molar-refractivity contribution >= 4 is 11.9 Å². The van der Waals surface area contributed by atoms with Crippen LogP contribution >= 0.6 is 11.9 Å². The average molecular weight is 195 g/mol. The minimum absolute atomic E-state index is 0.706. The standard InChI is InChI=1S/C11H17NS/c1-9(2)8-12-13-11-6-4-10(3)5-7-11/h4-7,9,12H,8H2,1-3H3. The van der Waals surface area contributed by atoms with Gasteiger partial charge in [-0.1, -0.05) is 31.5 Å². The number of hydrogen-bond acceptors (Lipinski definition) is 2. The summed E-state index contributed by atoms with van der Waals surface area (Å²) in [7, 11) is 0. The van der Waals surface area contributed by atoms with Crippen LogP contribution in [0.4, 0.5) is 0 Å². The van der Waals surface area contributed by atoms with E-state index in [1.54, 1.807) is 11.9 Å². The van der Waals surface area contributed by atoms with Crippen LogP contribution in [0.25, 0.3) is 0 Å². The van der Waals surface area contributed by atoms with E-state index in [-0.39, 0.29) is 0 Å². The van der Waals surface area contributed by atoms with Crippen molar-refractivity contribution in [2.24, 2.45) is 5.92 Å². The summed E-state index contributed by atoms with van der Waals surface area (Å²) < 4.78 is 3.34. The zero-order valence-electron chi connectivity index (χ0n) is 8.50. The second-order valence-electron chi connectivity index (χ2n) is 3.66. The van der Waals surface area contributed by atoms with Gasteiger partial charge in [0.25, 0.3) is 0 Å². The molecule has 0 atom stereocenters. The van der Waals surface area contributed by atoms with E-state index in [2.05, 4.69) is 49.8 Å². The Morgan fingerprint density at radius 1 is 1.23 bits per heavy atom. The van der Waals surface area contributed by atoms with E-state index in [1.165, 1.54) is 10.5 Å². The summed E-state index contributed by atoms with van der Waals surface area (Å²) in [6.45, 7) is 7.58. The Balaban J connectivity index is 2.33. The SMILES string of the molecule is Cc1ccc(SNCC(C)C)cc1. The summed E-state index contributed by atoms with van der Waals surface area (Å²) in [5.41, 5.74) is 1.31. The van der Waals surface area contributed by atoms with Crippen molar-refractivity contribution in [3.63, 3.8) is 0 Å². The highest BCUT2D eigenvalue weighted by molar-refractivity contribution is 7.97. The Kier molecular flexibility index (Phi) is 4.33. The lowest BCUT2D eigenvalue weighted by molar-refractivity contribution is 0.640. The molecule has 0 aliphatic carbocycles. The van der Waals surface area contributed by atoms with Crippen LogP contribution in [0.1, 0.15) is 19.4 Å². The first-order chi connectivity index (χ1) is 6.18. The molecule has 0 fully saturated rings. The lowest BCUT2D eigenvalue weighted by atomic mass is 10.2. The van der Waals surface area contributed by atoms with Gasteiger partial charge in [0.1, 0.15) is 0 Å². The third-order valence-electron chi connectivity index (χ3n) is 1.70. The number of rotatable bonds is 4. The summed E-state index contributed by atoms with van der Waals surface area (Å²) >= 11 is 1.71. The van der Waals surface area contributed by atoms with E-state index in [1.807, 2.05) is 0 Å². The number of nitrogens with one attached hydrogen (secondary N) is 1. The summed E-state index contributed by atoms with van der Waals surface area (Å²) in [6, 6.07) is 8.57. The summed E-state index contributed by atoms with van der Waals surface area (Å²) in [4.78, 5) is 1.28. The third kappa shape index (κ3) is 4.34. The Labute approximate surface area is 85.1 Å². The van der Waals surface area contributed by atoms with Crippen molar-refractivity contribution < 1.29 is 0 Å². The van der Waals surface area contributed by atoms with Gasteiger partial charge < -0.3 is 0 Å². The fourth-order valence-electron chi connectivity index (χ4n) is 0.898. The highest BCUT2D eigenvalue weighted by Crippen LogP contribution is 2.14. The molecular formula is C11H17NS. The summed E-state index contributed by atoms with van der Waals surface area (Å²) in [5, 5.41) is 0. The predicted molar refractivity (Wildman–Crippen MR) is 59.9 cm³/mol. The molecule has 1 rings (SSSR count). The average Bonchev–Trinajstić information content (AvgIpc) is 2.08. The molecule has 0 saturated carbocycles. The van der Waals surface area contributed by atoms with Gasteiger partial charge in [0, 0.05) is 11.4 Å². The van der Waals surface area contributed by atoms with Gasteiger partial charge in [-0.2, -0.15) is 0 Å². The van der Waals surface area contributed by atoms with Crippen molar-refractivity contribution in [1.29, 1.82) is 0 Å². The van der Waals surface area contributed by atoms with Crippen LogP contribution < -0.4 is 4.72 Å². The van der Waals surface area contributed by atoms with E-state index in [4.69, 9.17) is 0 Å². The number of benzene rings is 1. The second kappa shape index (κ2) is 5.30. The topological polar surface area (TPSA) is 12.0 Å². The Morgan fingerprint density at radius 2 is 1.85 bits per heavy atom. The van der Waals surface area contributed by atoms with Crippen LogP contribution in [0.2, 0.25) is 0 Å². The maximum Gasteiger partial charge on any atom is 0.0228 e. The van der Waals surface area contributed by atoms with E-state index >= 15 is 0 Å². The molecule has 0 bridgehead atoms. The zero-order valence-corrected chi connectivity index (χ0v) is 9.32. The molecule has 0 aliphatic heterocycles. The summed E-state index contributed by atoms with van der Waals surface area (Å²) in [6.07, 6.45) is 0. The molecule has 0 unspecified atom stereocenters. The van der Waals surface area contributed by atoms with Crippen LogP contribution in [0, 0.1) is 12.8 Å². The molecule has 0 spiro atoms. The van der Waals surface area contributed by atoms with Crippen LogP contribution in [0.15, 0.2) is 29.2 Å². The van der Waals surface area contributed by atoms with E-state index in [0.29, 0.717) is 5.92 Å². The molecule has 1 aromatic rings. The van der Waals surface area contributed by atoms with Gasteiger partial charge in [-0.25, -0.2) is 0 Å². The van der Waals surface area contributed by atoms with Crippen molar-refractivity contribution in [1.82, 2.24) is 4.72 Å². The molecule has 13 heavy (non-hydrogen) atoms. The molecule has 72 valence electrons. The first-order valence-electron chi connectivity index (χ1n) is 4.65. The third-order valence-corrected chi connectivity index (χ3v) is 2.52. The van der Waals surface area contributed by atoms with E-state index in [0.717, 1.165) is 6.54 Å². The number of hydrogen-bond donors (Lipinski definition) is 1. The zero-order chi connectivity index (χ0) is 9.68. The molecule has 0 amide bonds. The lowest BCUT2D eigenvalue weighted by Crippen LogP contribution is -2.11. The van der Waals surface area contributed by atoms with Crippen LogP contribution in [0.3, 0.4) is 0 Å². The molecule has 0 saturated heterocycles. The summed E-state index contributed by atoms with van der Waals surface area (Å²) in [5.74, 6) is 0.706. The van der Waals surface area contributed by atoms with Gasteiger partial charge in [-0.15, -0.1) is 0 Å². The van der Waals surface area contributed by atoms with Crippen LogP contribution in [0.5, 0.6) is 0 Å². The van der Waals surface area contributed by atoms with Gasteiger partial charge in [0.05, 0.1) is 0 Å². The lowest BCUT2D eigenvalue weighted by Gasteiger charge is -2.06. The largest absolute Gasteiger partial charge is 0.260 e. The van der Waals surface area contributed by atoms with Crippen LogP contribution in [-0.2, 0) is 0 Å². The fraction of sp³-hybridized carbons (Fsp3) is 0.455. The molecule has 2 heteroatoms. The molecule has 0 aliphatic rings. The Bertz CT molecular complexity index is 241. The van der Waals surface area contributed by atoms with Gasteiger partial charge in [-0.05, 0) is 36.9 Å². The van der Waals surface area contributed by atoms with E-state index < -0.39 is 0 Å². The van der Waals surface area contributed by atoms with E-state index in [9.17, 15) is 0 Å². The monoisotopic (exact) mass is 195 g/mol. The van der Waals surface area contributed by atoms with Crippen LogP contribution in [-0.4, -0.2) is 6.54 Å². The molecule has 0 heterocycles. The van der Waals surface area contributed by atoms with Crippen molar-refractivity contribution in [3.8, 4) is 0 Å². The van der Waals surface area contributed by atoms with Crippen molar-refractivity contribution in [3.05, 3.63) is 29.8 Å². The molecule has 1 N–H and O–H groups in total. The van der Waals surface area contributed by atoms with Crippen molar-refractivity contribution in [2.45, 2.75) is 25.7 Å². The van der Waals surface area contributed by atoms with Crippen molar-refractivity contribution in [2.75, 3.05) is 6.54 Å². The second-order valence-corrected chi connectivity index (χ2v) is 4.62. The quantitative estimate of drug-likeness (QED) is 0.740. The van der Waals surface area contributed by atoms with Gasteiger partial charge in [0.2, 0.25) is 0 Å². The molecule has 0 radical (unpaired) electrons. The Morgan fingerprint density at radius 3 is 2.38 bits per heavy atom. The number of aryl methyl sites for hydroxylation is 1. The highest BCUT2D eigenvalue weighted by atomic mass is 32.2. The first-order valence-corrected chi connectivity index (χ1v) is 5.46. The molecule has 1 nitrogen and oxygen atoms in total. The fourth-order valence-corrected chi connectivity index (χ4v) is 1.75. The minimum Gasteiger partial charge on any atom is -0.260 e. The smallest absolute Gasteiger partial charge is 0.0228 e. The van der Waals surface area contributed by atoms with Gasteiger partial charge in [-0.3, -0.25) is 4.72 Å².